The molecule has 2 nitrogen and oxygen atoms in total. The molecule has 0 radical (unpaired) electrons. The van der Waals surface area contributed by atoms with Crippen LogP contribution in [0.3, 0.4) is 0 Å². The fraction of sp³-hybridized carbons (Fsp3) is 0.643. The van der Waals surface area contributed by atoms with E-state index in [1.807, 2.05) is 6.08 Å². The van der Waals surface area contributed by atoms with Gasteiger partial charge in [-0.2, -0.15) is 0 Å². The number of carbonyl (C=O) groups is 1. The highest BCUT2D eigenvalue weighted by Crippen LogP contribution is 2.44. The Balaban J connectivity index is 3.05. The Bertz CT molecular complexity index is 339. The van der Waals surface area contributed by atoms with Gasteiger partial charge in [-0.1, -0.05) is 31.6 Å². The highest BCUT2D eigenvalue weighted by atomic mass is 16.4. The predicted molar refractivity (Wildman–Crippen MR) is 66.3 cm³/mol. The highest BCUT2D eigenvalue weighted by Gasteiger charge is 2.34. The molecule has 0 aromatic carbocycles. The van der Waals surface area contributed by atoms with Crippen molar-refractivity contribution in [1.29, 1.82) is 0 Å². The third-order valence-electron chi connectivity index (χ3n) is 3.98. The quantitative estimate of drug-likeness (QED) is 0.582. The Kier molecular flexibility index (Phi) is 3.95. The number of carboxylic acid groups (broad SMARTS) is 1. The van der Waals surface area contributed by atoms with Crippen LogP contribution in [0.25, 0.3) is 0 Å². The van der Waals surface area contributed by atoms with Crippen molar-refractivity contribution in [2.75, 3.05) is 0 Å². The van der Waals surface area contributed by atoms with Crippen LogP contribution in [0.2, 0.25) is 0 Å². The topological polar surface area (TPSA) is 37.3 Å². The van der Waals surface area contributed by atoms with Gasteiger partial charge >= 0.3 is 5.97 Å². The lowest BCUT2D eigenvalue weighted by Gasteiger charge is -2.39. The summed E-state index contributed by atoms with van der Waals surface area (Å²) in [5.41, 5.74) is 1.99. The minimum atomic E-state index is -0.808. The molecule has 0 heterocycles. The Morgan fingerprint density at radius 2 is 2.31 bits per heavy atom. The first-order valence-corrected chi connectivity index (χ1v) is 5.99. The van der Waals surface area contributed by atoms with Crippen molar-refractivity contribution in [3.63, 3.8) is 0 Å². The fourth-order valence-electron chi connectivity index (χ4n) is 2.51. The maximum atomic E-state index is 10.9. The molecular weight excluding hydrogens is 200 g/mol. The predicted octanol–water partition coefficient (Wildman–Crippen LogP) is 3.79. The van der Waals surface area contributed by atoms with Gasteiger partial charge in [0.15, 0.2) is 0 Å². The van der Waals surface area contributed by atoms with E-state index in [1.54, 1.807) is 6.92 Å². The van der Waals surface area contributed by atoms with Crippen LogP contribution >= 0.6 is 0 Å². The summed E-state index contributed by atoms with van der Waals surface area (Å²) >= 11 is 0. The van der Waals surface area contributed by atoms with Gasteiger partial charge in [-0.15, -0.1) is 0 Å². The molecule has 0 bridgehead atoms. The second-order valence-corrected chi connectivity index (χ2v) is 5.13. The van der Waals surface area contributed by atoms with Gasteiger partial charge < -0.3 is 5.11 Å². The van der Waals surface area contributed by atoms with Crippen LogP contribution in [-0.4, -0.2) is 11.1 Å². The molecule has 0 aliphatic heterocycles. The van der Waals surface area contributed by atoms with Crippen molar-refractivity contribution in [3.8, 4) is 0 Å². The standard InChI is InChI=1S/C14H22O2/c1-5-14(4)8-6-7-10(2)12(14)9-11(3)13(15)16/h7,9,12H,5-6,8H2,1-4H3,(H,15,16)/b11-9+. The molecule has 0 aromatic rings. The maximum Gasteiger partial charge on any atom is 0.330 e. The van der Waals surface area contributed by atoms with Crippen molar-refractivity contribution in [1.82, 2.24) is 0 Å². The lowest BCUT2D eigenvalue weighted by molar-refractivity contribution is -0.132. The SMILES string of the molecule is CCC1(C)CCC=C(C)C1/C=C(\C)C(=O)O. The summed E-state index contributed by atoms with van der Waals surface area (Å²) in [4.78, 5) is 10.9. The molecule has 0 saturated carbocycles. The lowest BCUT2D eigenvalue weighted by Crippen LogP contribution is -2.29. The van der Waals surface area contributed by atoms with Gasteiger partial charge in [0, 0.05) is 11.5 Å². The fourth-order valence-corrected chi connectivity index (χ4v) is 2.51. The number of allylic oxidation sites excluding steroid dienone is 3. The molecular formula is C14H22O2. The zero-order valence-corrected chi connectivity index (χ0v) is 10.7. The van der Waals surface area contributed by atoms with Crippen LogP contribution in [0.1, 0.15) is 47.0 Å². The van der Waals surface area contributed by atoms with Crippen LogP contribution in [0.4, 0.5) is 0 Å². The molecule has 2 heteroatoms. The first-order chi connectivity index (χ1) is 7.40. The van der Waals surface area contributed by atoms with E-state index in [1.165, 1.54) is 5.57 Å². The highest BCUT2D eigenvalue weighted by molar-refractivity contribution is 5.85. The van der Waals surface area contributed by atoms with E-state index in [2.05, 4.69) is 26.8 Å². The molecule has 1 aliphatic carbocycles. The van der Waals surface area contributed by atoms with Crippen LogP contribution in [-0.2, 0) is 4.79 Å². The van der Waals surface area contributed by atoms with Gasteiger partial charge in [-0.25, -0.2) is 4.79 Å². The first-order valence-electron chi connectivity index (χ1n) is 5.99. The second-order valence-electron chi connectivity index (χ2n) is 5.13. The second kappa shape index (κ2) is 4.86. The minimum Gasteiger partial charge on any atom is -0.478 e. The van der Waals surface area contributed by atoms with Gasteiger partial charge in [0.05, 0.1) is 0 Å². The van der Waals surface area contributed by atoms with Gasteiger partial charge in [0.2, 0.25) is 0 Å². The third kappa shape index (κ3) is 2.55. The molecule has 0 aromatic heterocycles. The average Bonchev–Trinajstić information content (AvgIpc) is 2.23. The average molecular weight is 222 g/mol. The Hall–Kier alpha value is -1.05. The van der Waals surface area contributed by atoms with E-state index in [9.17, 15) is 4.79 Å². The van der Waals surface area contributed by atoms with Crippen molar-refractivity contribution in [2.45, 2.75) is 47.0 Å². The van der Waals surface area contributed by atoms with Gasteiger partial charge in [-0.3, -0.25) is 0 Å². The summed E-state index contributed by atoms with van der Waals surface area (Å²) in [7, 11) is 0. The van der Waals surface area contributed by atoms with Crippen LogP contribution < -0.4 is 0 Å². The molecule has 0 fully saturated rings. The largest absolute Gasteiger partial charge is 0.478 e. The van der Waals surface area contributed by atoms with E-state index in [0.717, 1.165) is 19.3 Å². The van der Waals surface area contributed by atoms with Gasteiger partial charge in [0.1, 0.15) is 0 Å². The van der Waals surface area contributed by atoms with Crippen molar-refractivity contribution >= 4 is 5.97 Å². The molecule has 90 valence electrons. The lowest BCUT2D eigenvalue weighted by atomic mass is 9.65. The summed E-state index contributed by atoms with van der Waals surface area (Å²) in [6.07, 6.45) is 7.53. The van der Waals surface area contributed by atoms with E-state index in [-0.39, 0.29) is 11.3 Å². The minimum absolute atomic E-state index is 0.218. The molecule has 2 atom stereocenters. The van der Waals surface area contributed by atoms with Crippen molar-refractivity contribution in [3.05, 3.63) is 23.3 Å². The molecule has 16 heavy (non-hydrogen) atoms. The molecule has 2 unspecified atom stereocenters. The van der Waals surface area contributed by atoms with E-state index >= 15 is 0 Å². The normalized spacial score (nSPS) is 31.1. The van der Waals surface area contributed by atoms with E-state index < -0.39 is 5.97 Å². The summed E-state index contributed by atoms with van der Waals surface area (Å²) in [6, 6.07) is 0. The molecule has 0 spiro atoms. The number of hydrogen-bond acceptors (Lipinski definition) is 1. The number of aliphatic carboxylic acids is 1. The van der Waals surface area contributed by atoms with E-state index in [4.69, 9.17) is 5.11 Å². The molecule has 0 amide bonds. The number of hydrogen-bond donors (Lipinski definition) is 1. The Morgan fingerprint density at radius 3 is 2.81 bits per heavy atom. The molecule has 1 aliphatic rings. The Labute approximate surface area is 98.1 Å². The molecule has 1 rings (SSSR count). The number of rotatable bonds is 3. The molecule has 0 saturated heterocycles. The molecule has 1 N–H and O–H groups in total. The monoisotopic (exact) mass is 222 g/mol. The summed E-state index contributed by atoms with van der Waals surface area (Å²) < 4.78 is 0. The van der Waals surface area contributed by atoms with Crippen LogP contribution in [0.5, 0.6) is 0 Å². The summed E-state index contributed by atoms with van der Waals surface area (Å²) in [5, 5.41) is 8.95. The van der Waals surface area contributed by atoms with Crippen molar-refractivity contribution < 1.29 is 9.90 Å². The van der Waals surface area contributed by atoms with E-state index in [0.29, 0.717) is 5.57 Å². The number of carboxylic acids is 1. The van der Waals surface area contributed by atoms with Gasteiger partial charge in [-0.05, 0) is 38.5 Å². The first kappa shape index (κ1) is 13.0. The summed E-state index contributed by atoms with van der Waals surface area (Å²) in [5.74, 6) is -0.529. The summed E-state index contributed by atoms with van der Waals surface area (Å²) in [6.45, 7) is 8.25. The zero-order valence-electron chi connectivity index (χ0n) is 10.7. The van der Waals surface area contributed by atoms with Crippen LogP contribution in [0.15, 0.2) is 23.3 Å². The van der Waals surface area contributed by atoms with Gasteiger partial charge in [0.25, 0.3) is 0 Å². The Morgan fingerprint density at radius 1 is 1.69 bits per heavy atom. The zero-order chi connectivity index (χ0) is 12.3. The maximum absolute atomic E-state index is 10.9. The van der Waals surface area contributed by atoms with Crippen molar-refractivity contribution in [2.24, 2.45) is 11.3 Å². The third-order valence-corrected chi connectivity index (χ3v) is 3.98. The van der Waals surface area contributed by atoms with Crippen LogP contribution in [0, 0.1) is 11.3 Å². The smallest absolute Gasteiger partial charge is 0.330 e.